The lowest BCUT2D eigenvalue weighted by atomic mass is 10.1. The Bertz CT molecular complexity index is 282. The number of hydrogen-bond acceptors (Lipinski definition) is 5. The second kappa shape index (κ2) is 10.1. The van der Waals surface area contributed by atoms with Crippen LogP contribution in [0.3, 0.4) is 0 Å². The summed E-state index contributed by atoms with van der Waals surface area (Å²) in [6, 6.07) is 9.96. The van der Waals surface area contributed by atoms with Gasteiger partial charge in [0.05, 0.1) is 6.04 Å². The lowest BCUT2D eigenvalue weighted by molar-refractivity contribution is -0.108. The number of aldehydes is 1. The normalized spacial score (nSPS) is 11.6. The molecule has 0 aromatic heterocycles. The highest BCUT2D eigenvalue weighted by Crippen LogP contribution is 2.29. The summed E-state index contributed by atoms with van der Waals surface area (Å²) in [7, 11) is 0. The van der Waals surface area contributed by atoms with Crippen molar-refractivity contribution >= 4 is 43.7 Å². The summed E-state index contributed by atoms with van der Waals surface area (Å²) in [5.41, 5.74) is 1.11. The summed E-state index contributed by atoms with van der Waals surface area (Å²) < 4.78 is 1.80. The van der Waals surface area contributed by atoms with Crippen molar-refractivity contribution in [3.8, 4) is 0 Å². The first-order valence-corrected chi connectivity index (χ1v) is 7.22. The molecule has 0 aliphatic carbocycles. The van der Waals surface area contributed by atoms with Gasteiger partial charge in [-0.1, -0.05) is 55.1 Å². The summed E-state index contributed by atoms with van der Waals surface area (Å²) in [5, 5.41) is 0. The summed E-state index contributed by atoms with van der Waals surface area (Å²) in [6.45, 7) is 0. The van der Waals surface area contributed by atoms with E-state index in [1.165, 1.54) is 11.9 Å². The second-order valence-corrected chi connectivity index (χ2v) is 4.27. The van der Waals surface area contributed by atoms with Gasteiger partial charge in [-0.2, -0.15) is 16.3 Å². The van der Waals surface area contributed by atoms with Crippen LogP contribution in [-0.4, -0.2) is 22.5 Å². The lowest BCUT2D eigenvalue weighted by Crippen LogP contribution is -2.13. The molecule has 90 valence electrons. The molecule has 0 saturated carbocycles. The van der Waals surface area contributed by atoms with Crippen molar-refractivity contribution in [3.05, 3.63) is 35.9 Å². The highest BCUT2D eigenvalue weighted by Gasteiger charge is 2.16. The van der Waals surface area contributed by atoms with Crippen LogP contribution < -0.4 is 0 Å². The van der Waals surface area contributed by atoms with E-state index in [2.05, 4.69) is 25.4 Å². The van der Waals surface area contributed by atoms with E-state index >= 15 is 0 Å². The molecule has 16 heavy (non-hydrogen) atoms. The van der Waals surface area contributed by atoms with Crippen molar-refractivity contribution in [1.82, 2.24) is 3.71 Å². The quantitative estimate of drug-likeness (QED) is 0.489. The van der Waals surface area contributed by atoms with Gasteiger partial charge < -0.3 is 4.79 Å². The van der Waals surface area contributed by atoms with E-state index in [-0.39, 0.29) is 6.04 Å². The molecule has 1 rings (SSSR count). The monoisotopic (exact) mass is 275 g/mol. The molecule has 0 aliphatic rings. The number of carbonyl (C=O) groups is 1. The standard InChI is InChI=1S/C10H13NOS2.CH4S/c1-14-11(13)10(7-8-12)9-5-3-2-4-6-9;1-2/h2-6,8,10,13H,7H2,1H3;2H,1H3. The highest BCUT2D eigenvalue weighted by molar-refractivity contribution is 8.04. The van der Waals surface area contributed by atoms with Crippen LogP contribution in [-0.2, 0) is 4.79 Å². The summed E-state index contributed by atoms with van der Waals surface area (Å²) in [5.74, 6) is 0. The molecule has 0 fully saturated rings. The first-order chi connectivity index (χ1) is 7.79. The number of rotatable bonds is 5. The van der Waals surface area contributed by atoms with Crippen LogP contribution in [0.25, 0.3) is 0 Å². The molecule has 0 N–H and O–H groups in total. The molecule has 1 aromatic rings. The van der Waals surface area contributed by atoms with Gasteiger partial charge in [0.25, 0.3) is 0 Å². The van der Waals surface area contributed by atoms with Crippen LogP contribution in [0.4, 0.5) is 0 Å². The molecule has 0 amide bonds. The molecule has 0 spiro atoms. The fourth-order valence-corrected chi connectivity index (χ4v) is 1.94. The third kappa shape index (κ3) is 5.30. The summed E-state index contributed by atoms with van der Waals surface area (Å²) in [6.07, 6.45) is 5.03. The number of thiol groups is 2. The Balaban J connectivity index is 0.00000106. The Morgan fingerprint density at radius 1 is 1.38 bits per heavy atom. The van der Waals surface area contributed by atoms with Crippen molar-refractivity contribution in [1.29, 1.82) is 0 Å². The first-order valence-electron chi connectivity index (χ1n) is 4.75. The molecular weight excluding hydrogens is 258 g/mol. The third-order valence-electron chi connectivity index (χ3n) is 1.96. The van der Waals surface area contributed by atoms with E-state index in [0.717, 1.165) is 11.8 Å². The number of benzene rings is 1. The maximum absolute atomic E-state index is 10.5. The molecule has 1 aromatic carbocycles. The highest BCUT2D eigenvalue weighted by atomic mass is 32.2. The topological polar surface area (TPSA) is 20.3 Å². The minimum absolute atomic E-state index is 0.0482. The molecule has 1 atom stereocenters. The molecule has 0 heterocycles. The Labute approximate surface area is 113 Å². The minimum atomic E-state index is 0.0482. The van der Waals surface area contributed by atoms with Gasteiger partial charge in [0.1, 0.15) is 6.29 Å². The predicted molar refractivity (Wildman–Crippen MR) is 79.1 cm³/mol. The van der Waals surface area contributed by atoms with Gasteiger partial charge in [-0.05, 0) is 18.1 Å². The molecule has 0 radical (unpaired) electrons. The van der Waals surface area contributed by atoms with Gasteiger partial charge in [0.2, 0.25) is 0 Å². The zero-order chi connectivity index (χ0) is 12.4. The molecule has 5 heteroatoms. The van der Waals surface area contributed by atoms with Crippen molar-refractivity contribution in [2.45, 2.75) is 12.5 Å². The number of hydrogen-bond donors (Lipinski definition) is 2. The van der Waals surface area contributed by atoms with Crippen molar-refractivity contribution in [3.63, 3.8) is 0 Å². The fraction of sp³-hybridized carbons (Fsp3) is 0.364. The van der Waals surface area contributed by atoms with Crippen LogP contribution in [0.15, 0.2) is 30.3 Å². The Morgan fingerprint density at radius 3 is 2.38 bits per heavy atom. The largest absolute Gasteiger partial charge is 0.303 e. The van der Waals surface area contributed by atoms with Gasteiger partial charge >= 0.3 is 0 Å². The van der Waals surface area contributed by atoms with Crippen LogP contribution in [0.5, 0.6) is 0 Å². The van der Waals surface area contributed by atoms with Gasteiger partial charge in [-0.25, -0.2) is 0 Å². The van der Waals surface area contributed by atoms with Gasteiger partial charge in [-0.3, -0.25) is 0 Å². The van der Waals surface area contributed by atoms with E-state index in [4.69, 9.17) is 0 Å². The summed E-state index contributed by atoms with van der Waals surface area (Å²) >= 11 is 9.34. The molecule has 0 saturated heterocycles. The van der Waals surface area contributed by atoms with Gasteiger partial charge in [0, 0.05) is 6.42 Å². The third-order valence-corrected chi connectivity index (χ3v) is 3.35. The lowest BCUT2D eigenvalue weighted by Gasteiger charge is -2.22. The maximum atomic E-state index is 10.5. The number of nitrogens with zero attached hydrogens (tertiary/aromatic N) is 1. The molecule has 2 nitrogen and oxygen atoms in total. The minimum Gasteiger partial charge on any atom is -0.303 e. The first kappa shape index (κ1) is 15.9. The van der Waals surface area contributed by atoms with Gasteiger partial charge in [-0.15, -0.1) is 0 Å². The average molecular weight is 275 g/mol. The fourth-order valence-electron chi connectivity index (χ4n) is 1.25. The average Bonchev–Trinajstić information content (AvgIpc) is 2.38. The second-order valence-electron chi connectivity index (χ2n) is 2.81. The van der Waals surface area contributed by atoms with Crippen molar-refractivity contribution < 1.29 is 4.79 Å². The number of carbonyl (C=O) groups excluding carboxylic acids is 1. The summed E-state index contributed by atoms with van der Waals surface area (Å²) in [4.78, 5) is 10.5. The van der Waals surface area contributed by atoms with Crippen molar-refractivity contribution in [2.24, 2.45) is 0 Å². The van der Waals surface area contributed by atoms with E-state index in [1.807, 2.05) is 36.6 Å². The Hall–Kier alpha value is -0.100. The van der Waals surface area contributed by atoms with E-state index < -0.39 is 0 Å². The van der Waals surface area contributed by atoms with Crippen LogP contribution in [0, 0.1) is 0 Å². The molecule has 1 unspecified atom stereocenters. The predicted octanol–water partition coefficient (Wildman–Crippen LogP) is 3.29. The molecule has 0 bridgehead atoms. The maximum Gasteiger partial charge on any atom is 0.121 e. The van der Waals surface area contributed by atoms with Crippen LogP contribution in [0.1, 0.15) is 18.0 Å². The zero-order valence-electron chi connectivity index (χ0n) is 9.41. The molecular formula is C11H17NOS3. The van der Waals surface area contributed by atoms with E-state index in [0.29, 0.717) is 6.42 Å². The van der Waals surface area contributed by atoms with Crippen molar-refractivity contribution in [2.75, 3.05) is 12.5 Å². The SMILES string of the molecule is CS.CSN(S)C(CC=O)c1ccccc1. The van der Waals surface area contributed by atoms with Gasteiger partial charge in [0.15, 0.2) is 0 Å². The zero-order valence-corrected chi connectivity index (χ0v) is 12.0. The van der Waals surface area contributed by atoms with Crippen LogP contribution in [0.2, 0.25) is 0 Å². The Morgan fingerprint density at radius 2 is 1.94 bits per heavy atom. The van der Waals surface area contributed by atoms with E-state index in [9.17, 15) is 4.79 Å². The molecule has 0 aliphatic heterocycles. The van der Waals surface area contributed by atoms with Crippen LogP contribution >= 0.6 is 37.4 Å². The smallest absolute Gasteiger partial charge is 0.121 e. The Kier molecular flexibility index (Phi) is 10.0. The van der Waals surface area contributed by atoms with E-state index in [1.54, 1.807) is 9.97 Å².